The van der Waals surface area contributed by atoms with E-state index in [1.165, 1.54) is 18.2 Å². The molecule has 0 spiro atoms. The molecule has 136 valence electrons. The topological polar surface area (TPSA) is 99.6 Å². The summed E-state index contributed by atoms with van der Waals surface area (Å²) in [6.45, 7) is 5.31. The van der Waals surface area contributed by atoms with Crippen LogP contribution in [0.2, 0.25) is 0 Å². The van der Waals surface area contributed by atoms with Gasteiger partial charge in [0.2, 0.25) is 5.91 Å². The molecule has 0 unspecified atom stereocenters. The van der Waals surface area contributed by atoms with E-state index in [-0.39, 0.29) is 35.2 Å². The first kappa shape index (κ1) is 18.9. The highest BCUT2D eigenvalue weighted by Gasteiger charge is 2.27. The van der Waals surface area contributed by atoms with Gasteiger partial charge in [0.25, 0.3) is 5.91 Å². The summed E-state index contributed by atoms with van der Waals surface area (Å²) in [5, 5.41) is 11.8. The largest absolute Gasteiger partial charge is 0.477 e. The van der Waals surface area contributed by atoms with E-state index in [4.69, 9.17) is 5.11 Å². The molecule has 0 aliphatic carbocycles. The molecule has 1 saturated heterocycles. The SMILES string of the molecule is CCC(CC)C(=O)N1CCC(NC(=O)c2cccc(C(=O)O)n2)CC1. The summed E-state index contributed by atoms with van der Waals surface area (Å²) < 4.78 is 0. The number of rotatable bonds is 6. The number of carboxylic acids is 1. The first-order chi connectivity index (χ1) is 12.0. The summed E-state index contributed by atoms with van der Waals surface area (Å²) in [7, 11) is 0. The summed E-state index contributed by atoms with van der Waals surface area (Å²) in [4.78, 5) is 41.3. The van der Waals surface area contributed by atoms with E-state index < -0.39 is 5.97 Å². The number of piperidine rings is 1. The summed E-state index contributed by atoms with van der Waals surface area (Å²) in [5.41, 5.74) is -0.0614. The fraction of sp³-hybridized carbons (Fsp3) is 0.556. The molecule has 0 saturated carbocycles. The lowest BCUT2D eigenvalue weighted by molar-refractivity contribution is -0.136. The Bertz CT molecular complexity index is 635. The molecule has 2 amide bonds. The quantitative estimate of drug-likeness (QED) is 0.819. The summed E-state index contributed by atoms with van der Waals surface area (Å²) in [5.74, 6) is -1.27. The molecule has 0 bridgehead atoms. The molecule has 1 aromatic heterocycles. The van der Waals surface area contributed by atoms with Crippen LogP contribution in [-0.2, 0) is 4.79 Å². The normalized spacial score (nSPS) is 15.2. The number of hydrogen-bond acceptors (Lipinski definition) is 4. The zero-order chi connectivity index (χ0) is 18.4. The van der Waals surface area contributed by atoms with Gasteiger partial charge in [0.1, 0.15) is 11.4 Å². The van der Waals surface area contributed by atoms with Crippen LogP contribution in [0.4, 0.5) is 0 Å². The Hall–Kier alpha value is -2.44. The molecule has 0 radical (unpaired) electrons. The number of aromatic nitrogens is 1. The van der Waals surface area contributed by atoms with Gasteiger partial charge in [0, 0.05) is 25.0 Å². The number of amides is 2. The van der Waals surface area contributed by atoms with Crippen molar-refractivity contribution in [1.82, 2.24) is 15.2 Å². The lowest BCUT2D eigenvalue weighted by atomic mass is 9.98. The van der Waals surface area contributed by atoms with E-state index in [1.54, 1.807) is 0 Å². The number of carbonyl (C=O) groups is 3. The Labute approximate surface area is 147 Å². The number of likely N-dealkylation sites (tertiary alicyclic amines) is 1. The van der Waals surface area contributed by atoms with Crippen LogP contribution in [-0.4, -0.2) is 51.9 Å². The second-order valence-electron chi connectivity index (χ2n) is 6.30. The van der Waals surface area contributed by atoms with Crippen LogP contribution in [0.1, 0.15) is 60.5 Å². The lowest BCUT2D eigenvalue weighted by Gasteiger charge is -2.34. The Morgan fingerprint density at radius 1 is 1.20 bits per heavy atom. The number of carbonyl (C=O) groups excluding carboxylic acids is 2. The van der Waals surface area contributed by atoms with Gasteiger partial charge in [-0.2, -0.15) is 0 Å². The average molecular weight is 347 g/mol. The van der Waals surface area contributed by atoms with Gasteiger partial charge in [-0.05, 0) is 37.8 Å². The molecule has 1 aromatic rings. The highest BCUT2D eigenvalue weighted by molar-refractivity contribution is 5.94. The van der Waals surface area contributed by atoms with Gasteiger partial charge in [0.15, 0.2) is 0 Å². The van der Waals surface area contributed by atoms with Crippen molar-refractivity contribution in [2.24, 2.45) is 5.92 Å². The highest BCUT2D eigenvalue weighted by atomic mass is 16.4. The van der Waals surface area contributed by atoms with Crippen LogP contribution in [0.5, 0.6) is 0 Å². The molecule has 2 heterocycles. The van der Waals surface area contributed by atoms with E-state index in [1.807, 2.05) is 18.7 Å². The van der Waals surface area contributed by atoms with Crippen molar-refractivity contribution in [1.29, 1.82) is 0 Å². The zero-order valence-electron chi connectivity index (χ0n) is 14.7. The van der Waals surface area contributed by atoms with E-state index >= 15 is 0 Å². The molecule has 1 aliphatic rings. The smallest absolute Gasteiger partial charge is 0.354 e. The van der Waals surface area contributed by atoms with Gasteiger partial charge in [-0.15, -0.1) is 0 Å². The van der Waals surface area contributed by atoms with Crippen molar-refractivity contribution in [3.8, 4) is 0 Å². The minimum atomic E-state index is -1.16. The van der Waals surface area contributed by atoms with Crippen LogP contribution in [0, 0.1) is 5.92 Å². The molecule has 2 rings (SSSR count). The van der Waals surface area contributed by atoms with Crippen LogP contribution < -0.4 is 5.32 Å². The van der Waals surface area contributed by atoms with E-state index in [0.29, 0.717) is 25.9 Å². The fourth-order valence-corrected chi connectivity index (χ4v) is 3.08. The third-order valence-electron chi connectivity index (χ3n) is 4.68. The number of carboxylic acid groups (broad SMARTS) is 1. The number of nitrogens with one attached hydrogen (secondary N) is 1. The van der Waals surface area contributed by atoms with Gasteiger partial charge in [-0.3, -0.25) is 9.59 Å². The van der Waals surface area contributed by atoms with Gasteiger partial charge in [0.05, 0.1) is 0 Å². The second-order valence-corrected chi connectivity index (χ2v) is 6.30. The predicted octanol–water partition coefficient (Wildman–Crippen LogP) is 1.94. The Kier molecular flexibility index (Phi) is 6.50. The third-order valence-corrected chi connectivity index (χ3v) is 4.68. The maximum Gasteiger partial charge on any atom is 0.354 e. The average Bonchev–Trinajstić information content (AvgIpc) is 2.63. The summed E-state index contributed by atoms with van der Waals surface area (Å²) in [6, 6.07) is 4.31. The fourth-order valence-electron chi connectivity index (χ4n) is 3.08. The van der Waals surface area contributed by atoms with E-state index in [2.05, 4.69) is 10.3 Å². The molecule has 0 aromatic carbocycles. The van der Waals surface area contributed by atoms with Crippen LogP contribution in [0.25, 0.3) is 0 Å². The monoisotopic (exact) mass is 347 g/mol. The zero-order valence-corrected chi connectivity index (χ0v) is 14.7. The standard InChI is InChI=1S/C18H25N3O4/c1-3-12(4-2)17(23)21-10-8-13(9-11-21)19-16(22)14-6-5-7-15(20-14)18(24)25/h5-7,12-13H,3-4,8-11H2,1-2H3,(H,19,22)(H,24,25). The molecule has 2 N–H and O–H groups in total. The maximum absolute atomic E-state index is 12.4. The summed E-state index contributed by atoms with van der Waals surface area (Å²) >= 11 is 0. The van der Waals surface area contributed by atoms with Crippen LogP contribution >= 0.6 is 0 Å². The predicted molar refractivity (Wildman–Crippen MR) is 92.3 cm³/mol. The van der Waals surface area contributed by atoms with Crippen molar-refractivity contribution in [2.75, 3.05) is 13.1 Å². The van der Waals surface area contributed by atoms with E-state index in [9.17, 15) is 14.4 Å². The Morgan fingerprint density at radius 2 is 1.80 bits per heavy atom. The molecular weight excluding hydrogens is 322 g/mol. The highest BCUT2D eigenvalue weighted by Crippen LogP contribution is 2.17. The van der Waals surface area contributed by atoms with Crippen molar-refractivity contribution in [3.05, 3.63) is 29.6 Å². The number of nitrogens with zero attached hydrogens (tertiary/aromatic N) is 2. The molecule has 1 fully saturated rings. The summed E-state index contributed by atoms with van der Waals surface area (Å²) in [6.07, 6.45) is 3.07. The number of hydrogen-bond donors (Lipinski definition) is 2. The molecule has 0 atom stereocenters. The molecule has 1 aliphatic heterocycles. The maximum atomic E-state index is 12.4. The van der Waals surface area contributed by atoms with Crippen LogP contribution in [0.15, 0.2) is 18.2 Å². The van der Waals surface area contributed by atoms with Crippen molar-refractivity contribution in [2.45, 2.75) is 45.6 Å². The van der Waals surface area contributed by atoms with Crippen molar-refractivity contribution in [3.63, 3.8) is 0 Å². The molecule has 25 heavy (non-hydrogen) atoms. The van der Waals surface area contributed by atoms with Gasteiger partial charge in [-0.25, -0.2) is 9.78 Å². The number of aromatic carboxylic acids is 1. The van der Waals surface area contributed by atoms with E-state index in [0.717, 1.165) is 12.8 Å². The van der Waals surface area contributed by atoms with Crippen molar-refractivity contribution >= 4 is 17.8 Å². The molecule has 7 heteroatoms. The lowest BCUT2D eigenvalue weighted by Crippen LogP contribution is -2.48. The second kappa shape index (κ2) is 8.60. The molecule has 7 nitrogen and oxygen atoms in total. The Morgan fingerprint density at radius 3 is 2.36 bits per heavy atom. The minimum absolute atomic E-state index is 0.0338. The first-order valence-corrected chi connectivity index (χ1v) is 8.76. The Balaban J connectivity index is 1.89. The van der Waals surface area contributed by atoms with Gasteiger partial charge < -0.3 is 15.3 Å². The van der Waals surface area contributed by atoms with Crippen LogP contribution in [0.3, 0.4) is 0 Å². The molecular formula is C18H25N3O4. The van der Waals surface area contributed by atoms with Crippen molar-refractivity contribution < 1.29 is 19.5 Å². The number of pyridine rings is 1. The first-order valence-electron chi connectivity index (χ1n) is 8.76. The minimum Gasteiger partial charge on any atom is -0.477 e. The third kappa shape index (κ3) is 4.78. The van der Waals surface area contributed by atoms with Gasteiger partial charge in [-0.1, -0.05) is 19.9 Å². The van der Waals surface area contributed by atoms with Gasteiger partial charge >= 0.3 is 5.97 Å².